The van der Waals surface area contributed by atoms with Gasteiger partial charge in [0.15, 0.2) is 0 Å². The molecule has 1 heterocycles. The number of hydrogen-bond donors (Lipinski definition) is 2. The van der Waals surface area contributed by atoms with Crippen molar-refractivity contribution in [3.8, 4) is 0 Å². The average molecular weight is 284 g/mol. The molecule has 1 saturated heterocycles. The summed E-state index contributed by atoms with van der Waals surface area (Å²) in [6.45, 7) is 0.273. The molecule has 104 valence electrons. The van der Waals surface area contributed by atoms with Crippen molar-refractivity contribution in [3.63, 3.8) is 0 Å². The molecule has 2 rings (SSSR count). The summed E-state index contributed by atoms with van der Waals surface area (Å²) in [4.78, 5) is 11.2. The molecule has 2 N–H and O–H groups in total. The maximum atomic E-state index is 11.3. The highest BCUT2D eigenvalue weighted by Gasteiger charge is 2.23. The minimum Gasteiger partial charge on any atom is -0.336 e. The van der Waals surface area contributed by atoms with Crippen molar-refractivity contribution >= 4 is 16.0 Å². The van der Waals surface area contributed by atoms with Crippen LogP contribution in [0.5, 0.6) is 0 Å². The van der Waals surface area contributed by atoms with Gasteiger partial charge < -0.3 is 5.32 Å². The molecule has 0 aromatic heterocycles. The van der Waals surface area contributed by atoms with Crippen LogP contribution in [0.4, 0.5) is 0 Å². The largest absolute Gasteiger partial charge is 0.336 e. The Balaban J connectivity index is 2.15. The highest BCUT2D eigenvalue weighted by atomic mass is 32.2. The van der Waals surface area contributed by atoms with Crippen LogP contribution >= 0.6 is 0 Å². The molecule has 1 fully saturated rings. The van der Waals surface area contributed by atoms with Crippen molar-refractivity contribution in [2.24, 2.45) is 0 Å². The standard InChI is InChI=1S/C12H16N2O4S/c1-18-19(16,17)7-6-9-4-2-3-5-10(9)12-13-8-11(15)14-12/h2-5,12-13H,6-8H2,1H3,(H,14,15). The summed E-state index contributed by atoms with van der Waals surface area (Å²) in [5.41, 5.74) is 1.77. The molecule has 19 heavy (non-hydrogen) atoms. The molecule has 1 atom stereocenters. The lowest BCUT2D eigenvalue weighted by molar-refractivity contribution is -0.118. The van der Waals surface area contributed by atoms with Crippen LogP contribution < -0.4 is 10.6 Å². The number of benzene rings is 1. The summed E-state index contributed by atoms with van der Waals surface area (Å²) in [6, 6.07) is 7.43. The van der Waals surface area contributed by atoms with E-state index >= 15 is 0 Å². The fourth-order valence-corrected chi connectivity index (χ4v) is 2.64. The predicted octanol–water partition coefficient (Wildman–Crippen LogP) is -0.0767. The minimum atomic E-state index is -3.48. The smallest absolute Gasteiger partial charge is 0.267 e. The lowest BCUT2D eigenvalue weighted by atomic mass is 10.0. The monoisotopic (exact) mass is 284 g/mol. The van der Waals surface area contributed by atoms with E-state index in [1.807, 2.05) is 24.3 Å². The van der Waals surface area contributed by atoms with Gasteiger partial charge in [-0.15, -0.1) is 0 Å². The average Bonchev–Trinajstić information content (AvgIpc) is 2.83. The number of carbonyl (C=O) groups excluding carboxylic acids is 1. The molecule has 1 unspecified atom stereocenters. The van der Waals surface area contributed by atoms with Gasteiger partial charge in [-0.3, -0.25) is 14.3 Å². The third-order valence-electron chi connectivity index (χ3n) is 3.01. The molecule has 6 nitrogen and oxygen atoms in total. The highest BCUT2D eigenvalue weighted by Crippen LogP contribution is 2.19. The second-order valence-corrected chi connectivity index (χ2v) is 6.12. The van der Waals surface area contributed by atoms with E-state index in [0.29, 0.717) is 6.42 Å². The van der Waals surface area contributed by atoms with Crippen LogP contribution in [0.1, 0.15) is 17.3 Å². The molecule has 1 aromatic rings. The van der Waals surface area contributed by atoms with Crippen LogP contribution in [0.3, 0.4) is 0 Å². The van der Waals surface area contributed by atoms with Gasteiger partial charge in [0.25, 0.3) is 10.1 Å². The van der Waals surface area contributed by atoms with Crippen molar-refractivity contribution in [2.75, 3.05) is 19.4 Å². The van der Waals surface area contributed by atoms with Gasteiger partial charge in [0, 0.05) is 0 Å². The summed E-state index contributed by atoms with van der Waals surface area (Å²) in [7, 11) is -2.32. The van der Waals surface area contributed by atoms with Crippen molar-refractivity contribution in [1.82, 2.24) is 10.6 Å². The molecule has 0 spiro atoms. The van der Waals surface area contributed by atoms with Crippen LogP contribution in [0.25, 0.3) is 0 Å². The van der Waals surface area contributed by atoms with Crippen LogP contribution in [-0.4, -0.2) is 33.7 Å². The molecule has 0 radical (unpaired) electrons. The summed E-state index contributed by atoms with van der Waals surface area (Å²) < 4.78 is 27.1. The Labute approximate surface area is 112 Å². The number of hydrogen-bond acceptors (Lipinski definition) is 5. The molecule has 0 saturated carbocycles. The van der Waals surface area contributed by atoms with E-state index in [1.54, 1.807) is 0 Å². The first kappa shape index (κ1) is 14.0. The lowest BCUT2D eigenvalue weighted by Gasteiger charge is -2.15. The number of rotatable bonds is 5. The third-order valence-corrected chi connectivity index (χ3v) is 4.23. The third kappa shape index (κ3) is 3.52. The fourth-order valence-electron chi connectivity index (χ4n) is 2.01. The molecular weight excluding hydrogens is 268 g/mol. The van der Waals surface area contributed by atoms with Gasteiger partial charge in [0.2, 0.25) is 5.91 Å². The molecule has 0 aliphatic carbocycles. The Hall–Kier alpha value is -1.44. The van der Waals surface area contributed by atoms with E-state index in [9.17, 15) is 13.2 Å². The van der Waals surface area contributed by atoms with Gasteiger partial charge in [-0.25, -0.2) is 0 Å². The molecule has 0 bridgehead atoms. The summed E-state index contributed by atoms with van der Waals surface area (Å²) in [5.74, 6) is -0.148. The van der Waals surface area contributed by atoms with Gasteiger partial charge in [-0.1, -0.05) is 24.3 Å². The van der Waals surface area contributed by atoms with Gasteiger partial charge in [-0.05, 0) is 17.5 Å². The van der Waals surface area contributed by atoms with Crippen LogP contribution in [0.2, 0.25) is 0 Å². The number of carbonyl (C=O) groups is 1. The van der Waals surface area contributed by atoms with Gasteiger partial charge in [-0.2, -0.15) is 8.42 Å². The van der Waals surface area contributed by atoms with Crippen LogP contribution in [0, 0.1) is 0 Å². The Morgan fingerprint density at radius 1 is 1.37 bits per heavy atom. The Morgan fingerprint density at radius 3 is 2.74 bits per heavy atom. The van der Waals surface area contributed by atoms with Crippen LogP contribution in [0.15, 0.2) is 24.3 Å². The number of nitrogens with one attached hydrogen (secondary N) is 2. The Morgan fingerprint density at radius 2 is 2.11 bits per heavy atom. The zero-order valence-corrected chi connectivity index (χ0v) is 11.4. The molecule has 1 amide bonds. The maximum absolute atomic E-state index is 11.3. The summed E-state index contributed by atoms with van der Waals surface area (Å²) in [6.07, 6.45) is 0.0920. The molecular formula is C12H16N2O4S. The number of aryl methyl sites for hydroxylation is 1. The topological polar surface area (TPSA) is 84.5 Å². The second kappa shape index (κ2) is 5.68. The van der Waals surface area contributed by atoms with Crippen molar-refractivity contribution in [1.29, 1.82) is 0 Å². The van der Waals surface area contributed by atoms with Crippen molar-refractivity contribution < 1.29 is 17.4 Å². The van der Waals surface area contributed by atoms with Gasteiger partial charge in [0.05, 0.1) is 19.4 Å². The molecule has 1 aliphatic rings. The quantitative estimate of drug-likeness (QED) is 0.739. The zero-order chi connectivity index (χ0) is 13.9. The maximum Gasteiger partial charge on any atom is 0.267 e. The minimum absolute atomic E-state index is 0.0654. The first-order valence-corrected chi connectivity index (χ1v) is 7.48. The molecule has 7 heteroatoms. The summed E-state index contributed by atoms with van der Waals surface area (Å²) >= 11 is 0. The van der Waals surface area contributed by atoms with Crippen molar-refractivity contribution in [2.45, 2.75) is 12.6 Å². The van der Waals surface area contributed by atoms with Gasteiger partial charge in [0.1, 0.15) is 6.17 Å². The Bertz CT molecular complexity index is 571. The van der Waals surface area contributed by atoms with Crippen LogP contribution in [-0.2, 0) is 25.5 Å². The predicted molar refractivity (Wildman–Crippen MR) is 69.8 cm³/mol. The van der Waals surface area contributed by atoms with E-state index < -0.39 is 10.1 Å². The Kier molecular flexibility index (Phi) is 4.18. The second-order valence-electron chi connectivity index (χ2n) is 4.26. The van der Waals surface area contributed by atoms with Gasteiger partial charge >= 0.3 is 0 Å². The van der Waals surface area contributed by atoms with E-state index in [2.05, 4.69) is 14.8 Å². The molecule has 1 aromatic carbocycles. The van der Waals surface area contributed by atoms with E-state index in [0.717, 1.165) is 18.2 Å². The highest BCUT2D eigenvalue weighted by molar-refractivity contribution is 7.86. The zero-order valence-electron chi connectivity index (χ0n) is 10.5. The fraction of sp³-hybridized carbons (Fsp3) is 0.417. The lowest BCUT2D eigenvalue weighted by Crippen LogP contribution is -2.24. The van der Waals surface area contributed by atoms with E-state index in [1.165, 1.54) is 0 Å². The van der Waals surface area contributed by atoms with E-state index in [-0.39, 0.29) is 24.4 Å². The summed E-state index contributed by atoms with van der Waals surface area (Å²) in [5, 5.41) is 5.82. The van der Waals surface area contributed by atoms with Crippen molar-refractivity contribution in [3.05, 3.63) is 35.4 Å². The number of amides is 1. The first-order valence-electron chi connectivity index (χ1n) is 5.91. The van der Waals surface area contributed by atoms with E-state index in [4.69, 9.17) is 0 Å². The normalized spacial score (nSPS) is 19.4. The SMILES string of the molecule is COS(=O)(=O)CCc1ccccc1C1NCC(=O)N1. The first-order chi connectivity index (χ1) is 9.02. The molecule has 1 aliphatic heterocycles.